The number of hydrogen-bond donors (Lipinski definition) is 0. The molecule has 0 saturated carbocycles. The van der Waals surface area contributed by atoms with Crippen molar-refractivity contribution in [1.29, 1.82) is 0 Å². The van der Waals surface area contributed by atoms with E-state index < -0.39 is 0 Å². The zero-order valence-corrected chi connectivity index (χ0v) is 11.5. The Labute approximate surface area is 109 Å². The van der Waals surface area contributed by atoms with E-state index in [1.165, 1.54) is 11.1 Å². The molecule has 0 spiro atoms. The molecule has 0 unspecified atom stereocenters. The minimum absolute atomic E-state index is 0.247. The van der Waals surface area contributed by atoms with Crippen molar-refractivity contribution in [3.8, 4) is 5.75 Å². The first kappa shape index (κ1) is 11.0. The van der Waals surface area contributed by atoms with Gasteiger partial charge >= 0.3 is 0 Å². The van der Waals surface area contributed by atoms with Gasteiger partial charge in [0.2, 0.25) is 0 Å². The molecule has 0 saturated heterocycles. The van der Waals surface area contributed by atoms with E-state index in [1.807, 2.05) is 0 Å². The summed E-state index contributed by atoms with van der Waals surface area (Å²) in [5.74, 6) is 1.04. The van der Waals surface area contributed by atoms with Crippen molar-refractivity contribution in [3.05, 3.63) is 35.0 Å². The maximum Gasteiger partial charge on any atom is 0.134 e. The lowest BCUT2D eigenvalue weighted by Gasteiger charge is -2.09. The molecule has 1 aliphatic heterocycles. The standard InChI is InChI=1S/C14H14BrNO/c1-8-4-3-5-11-13(8)16-9(2)12-6-10(7-15)17-14(11)12/h3-5,10H,6-7H2,1-2H3/t10-/m0/s1. The Morgan fingerprint density at radius 3 is 3.00 bits per heavy atom. The van der Waals surface area contributed by atoms with E-state index in [-0.39, 0.29) is 6.10 Å². The highest BCUT2D eigenvalue weighted by atomic mass is 79.9. The molecular formula is C14H14BrNO. The number of hydrogen-bond acceptors (Lipinski definition) is 2. The zero-order valence-electron chi connectivity index (χ0n) is 9.96. The third kappa shape index (κ3) is 1.64. The predicted octanol–water partition coefficient (Wildman–Crippen LogP) is 3.55. The first-order valence-electron chi connectivity index (χ1n) is 5.82. The van der Waals surface area contributed by atoms with Crippen LogP contribution in [-0.2, 0) is 6.42 Å². The molecule has 88 valence electrons. The van der Waals surface area contributed by atoms with Crippen molar-refractivity contribution < 1.29 is 4.74 Å². The molecule has 0 bridgehead atoms. The molecule has 0 amide bonds. The molecule has 2 heterocycles. The van der Waals surface area contributed by atoms with Crippen molar-refractivity contribution in [2.45, 2.75) is 26.4 Å². The van der Waals surface area contributed by atoms with Crippen molar-refractivity contribution in [1.82, 2.24) is 4.98 Å². The third-order valence-corrected chi connectivity index (χ3v) is 4.08. The van der Waals surface area contributed by atoms with Gasteiger partial charge < -0.3 is 4.74 Å². The van der Waals surface area contributed by atoms with Crippen LogP contribution in [-0.4, -0.2) is 16.4 Å². The summed E-state index contributed by atoms with van der Waals surface area (Å²) in [6.07, 6.45) is 1.21. The van der Waals surface area contributed by atoms with Crippen LogP contribution in [0.15, 0.2) is 18.2 Å². The molecule has 0 aliphatic carbocycles. The molecule has 1 aliphatic rings. The van der Waals surface area contributed by atoms with Gasteiger partial charge in [0.05, 0.1) is 5.52 Å². The van der Waals surface area contributed by atoms with Gasteiger partial charge in [0.1, 0.15) is 11.9 Å². The fraction of sp³-hybridized carbons (Fsp3) is 0.357. The third-order valence-electron chi connectivity index (χ3n) is 3.36. The second-order valence-corrected chi connectivity index (χ2v) is 5.22. The number of rotatable bonds is 1. The van der Waals surface area contributed by atoms with Crippen LogP contribution in [0.1, 0.15) is 16.8 Å². The van der Waals surface area contributed by atoms with E-state index in [0.717, 1.165) is 34.1 Å². The van der Waals surface area contributed by atoms with Crippen molar-refractivity contribution in [2.24, 2.45) is 0 Å². The molecule has 0 N–H and O–H groups in total. The Hall–Kier alpha value is -1.09. The highest BCUT2D eigenvalue weighted by Gasteiger charge is 2.26. The Balaban J connectivity index is 2.30. The number of pyridine rings is 1. The molecule has 3 heteroatoms. The van der Waals surface area contributed by atoms with E-state index in [2.05, 4.69) is 48.0 Å². The van der Waals surface area contributed by atoms with Crippen LogP contribution in [0.5, 0.6) is 5.75 Å². The van der Waals surface area contributed by atoms with Crippen LogP contribution in [0, 0.1) is 13.8 Å². The number of halogens is 1. The molecular weight excluding hydrogens is 278 g/mol. The summed E-state index contributed by atoms with van der Waals surface area (Å²) in [5, 5.41) is 2.02. The van der Waals surface area contributed by atoms with Gasteiger partial charge in [-0.05, 0) is 25.5 Å². The van der Waals surface area contributed by atoms with E-state index in [4.69, 9.17) is 9.72 Å². The molecule has 3 rings (SSSR count). The number of para-hydroxylation sites is 1. The summed E-state index contributed by atoms with van der Waals surface area (Å²) >= 11 is 3.49. The van der Waals surface area contributed by atoms with Crippen molar-refractivity contribution in [2.75, 3.05) is 5.33 Å². The zero-order chi connectivity index (χ0) is 12.0. The highest BCUT2D eigenvalue weighted by molar-refractivity contribution is 9.09. The highest BCUT2D eigenvalue weighted by Crippen LogP contribution is 2.38. The summed E-state index contributed by atoms with van der Waals surface area (Å²) < 4.78 is 6.02. The summed E-state index contributed by atoms with van der Waals surface area (Å²) in [7, 11) is 0. The lowest BCUT2D eigenvalue weighted by Crippen LogP contribution is -2.13. The number of ether oxygens (including phenoxy) is 1. The van der Waals surface area contributed by atoms with Crippen LogP contribution >= 0.6 is 15.9 Å². The SMILES string of the molecule is Cc1nc2c(C)cccc2c2c1C[C@@H](CBr)O2. The Bertz CT molecular complexity index is 594. The van der Waals surface area contributed by atoms with Gasteiger partial charge in [-0.1, -0.05) is 28.1 Å². The maximum absolute atomic E-state index is 6.02. The smallest absolute Gasteiger partial charge is 0.134 e. The minimum Gasteiger partial charge on any atom is -0.488 e. The number of alkyl halides is 1. The fourth-order valence-electron chi connectivity index (χ4n) is 2.45. The van der Waals surface area contributed by atoms with Crippen LogP contribution in [0.2, 0.25) is 0 Å². The lowest BCUT2D eigenvalue weighted by atomic mass is 10.0. The first-order chi connectivity index (χ1) is 8.20. The molecule has 2 nitrogen and oxygen atoms in total. The molecule has 0 radical (unpaired) electrons. The second kappa shape index (κ2) is 3.98. The van der Waals surface area contributed by atoms with E-state index >= 15 is 0 Å². The van der Waals surface area contributed by atoms with Gasteiger partial charge in [-0.15, -0.1) is 0 Å². The topological polar surface area (TPSA) is 22.1 Å². The van der Waals surface area contributed by atoms with Crippen molar-refractivity contribution in [3.63, 3.8) is 0 Å². The molecule has 0 fully saturated rings. The minimum atomic E-state index is 0.247. The number of aryl methyl sites for hydroxylation is 2. The van der Waals surface area contributed by atoms with Crippen LogP contribution < -0.4 is 4.74 Å². The van der Waals surface area contributed by atoms with E-state index in [1.54, 1.807) is 0 Å². The molecule has 2 aromatic rings. The van der Waals surface area contributed by atoms with Gasteiger partial charge in [-0.2, -0.15) is 0 Å². The monoisotopic (exact) mass is 291 g/mol. The first-order valence-corrected chi connectivity index (χ1v) is 6.94. The Morgan fingerprint density at radius 1 is 1.41 bits per heavy atom. The average molecular weight is 292 g/mol. The van der Waals surface area contributed by atoms with Crippen LogP contribution in [0.4, 0.5) is 0 Å². The fourth-order valence-corrected chi connectivity index (χ4v) is 2.81. The summed E-state index contributed by atoms with van der Waals surface area (Å²) in [6, 6.07) is 6.27. The number of aromatic nitrogens is 1. The molecule has 17 heavy (non-hydrogen) atoms. The quantitative estimate of drug-likeness (QED) is 0.750. The maximum atomic E-state index is 6.02. The molecule has 1 aromatic carbocycles. The second-order valence-electron chi connectivity index (χ2n) is 4.57. The number of fused-ring (bicyclic) bond motifs is 3. The van der Waals surface area contributed by atoms with Gasteiger partial charge in [0, 0.05) is 28.4 Å². The van der Waals surface area contributed by atoms with Gasteiger partial charge in [0.25, 0.3) is 0 Å². The number of nitrogens with zero attached hydrogens (tertiary/aromatic N) is 1. The van der Waals surface area contributed by atoms with Gasteiger partial charge in [-0.25, -0.2) is 0 Å². The summed E-state index contributed by atoms with van der Waals surface area (Å²) in [6.45, 7) is 4.17. The van der Waals surface area contributed by atoms with E-state index in [9.17, 15) is 0 Å². The van der Waals surface area contributed by atoms with Crippen LogP contribution in [0.3, 0.4) is 0 Å². The van der Waals surface area contributed by atoms with Crippen LogP contribution in [0.25, 0.3) is 10.9 Å². The number of benzene rings is 1. The normalized spacial score (nSPS) is 18.2. The van der Waals surface area contributed by atoms with Crippen molar-refractivity contribution >= 4 is 26.8 Å². The van der Waals surface area contributed by atoms with Gasteiger partial charge in [-0.3, -0.25) is 4.98 Å². The van der Waals surface area contributed by atoms with E-state index in [0.29, 0.717) is 0 Å². The average Bonchev–Trinajstić information content (AvgIpc) is 2.76. The summed E-state index contributed by atoms with van der Waals surface area (Å²) in [4.78, 5) is 4.72. The Morgan fingerprint density at radius 2 is 2.24 bits per heavy atom. The lowest BCUT2D eigenvalue weighted by molar-refractivity contribution is 0.263. The predicted molar refractivity (Wildman–Crippen MR) is 73.1 cm³/mol. The summed E-state index contributed by atoms with van der Waals surface area (Å²) in [5.41, 5.74) is 4.65. The molecule has 1 aromatic heterocycles. The molecule has 1 atom stereocenters. The van der Waals surface area contributed by atoms with Gasteiger partial charge in [0.15, 0.2) is 0 Å². The largest absolute Gasteiger partial charge is 0.488 e. The Kier molecular flexibility index (Phi) is 2.58.